The first kappa shape index (κ1) is 12.3. The molecule has 1 heterocycles. The van der Waals surface area contributed by atoms with Crippen LogP contribution in [-0.4, -0.2) is 9.19 Å². The Morgan fingerprint density at radius 2 is 1.84 bits per heavy atom. The van der Waals surface area contributed by atoms with Gasteiger partial charge in [-0.15, -0.1) is 11.3 Å². The van der Waals surface area contributed by atoms with Crippen molar-refractivity contribution in [3.8, 4) is 0 Å². The molecule has 1 aromatic heterocycles. The number of rotatable bonds is 3. The van der Waals surface area contributed by atoms with Gasteiger partial charge < -0.3 is 5.73 Å². The second-order valence-corrected chi connectivity index (χ2v) is 6.70. The predicted molar refractivity (Wildman–Crippen MR) is 80.6 cm³/mol. The molecule has 5 heteroatoms. The Morgan fingerprint density at radius 1 is 1.11 bits per heavy atom. The van der Waals surface area contributed by atoms with Crippen LogP contribution < -0.4 is 5.73 Å². The van der Waals surface area contributed by atoms with Crippen molar-refractivity contribution in [3.05, 3.63) is 53.5 Å². The van der Waals surface area contributed by atoms with E-state index in [-0.39, 0.29) is 0 Å². The number of nitrogens with zero attached hydrogens (tertiary/aromatic N) is 1. The Hall–Kier alpha value is -1.72. The van der Waals surface area contributed by atoms with Crippen molar-refractivity contribution in [1.82, 2.24) is 4.98 Å². The van der Waals surface area contributed by atoms with E-state index < -0.39 is 10.8 Å². The number of hydrogen-bond acceptors (Lipinski definition) is 4. The summed E-state index contributed by atoms with van der Waals surface area (Å²) >= 11 is 1.59. The molecule has 0 spiro atoms. The molecular formula is C14H12N2OS2. The van der Waals surface area contributed by atoms with Crippen LogP contribution in [0, 0.1) is 0 Å². The van der Waals surface area contributed by atoms with Gasteiger partial charge in [-0.2, -0.15) is 0 Å². The zero-order chi connectivity index (χ0) is 13.2. The maximum Gasteiger partial charge on any atom is 0.107 e. The first-order valence-corrected chi connectivity index (χ1v) is 7.94. The highest BCUT2D eigenvalue weighted by molar-refractivity contribution is 7.84. The van der Waals surface area contributed by atoms with Crippen molar-refractivity contribution in [2.45, 2.75) is 10.6 Å². The van der Waals surface area contributed by atoms with Crippen LogP contribution in [0.15, 0.2) is 53.4 Å². The minimum atomic E-state index is -1.08. The fraction of sp³-hybridized carbons (Fsp3) is 0.0714. The minimum Gasteiger partial charge on any atom is -0.399 e. The molecule has 0 radical (unpaired) electrons. The molecule has 1 unspecified atom stereocenters. The maximum absolute atomic E-state index is 12.2. The van der Waals surface area contributed by atoms with Crippen molar-refractivity contribution in [3.63, 3.8) is 0 Å². The molecule has 0 aliphatic rings. The highest BCUT2D eigenvalue weighted by Crippen LogP contribution is 2.24. The van der Waals surface area contributed by atoms with E-state index in [1.165, 1.54) is 0 Å². The lowest BCUT2D eigenvalue weighted by Crippen LogP contribution is -1.96. The lowest BCUT2D eigenvalue weighted by Gasteiger charge is -2.00. The van der Waals surface area contributed by atoms with Gasteiger partial charge in [0.25, 0.3) is 0 Å². The van der Waals surface area contributed by atoms with Gasteiger partial charge in [-0.25, -0.2) is 4.98 Å². The third-order valence-electron chi connectivity index (χ3n) is 2.74. The second-order valence-electron chi connectivity index (χ2n) is 4.13. The summed E-state index contributed by atoms with van der Waals surface area (Å²) in [7, 11) is -1.08. The van der Waals surface area contributed by atoms with Crippen LogP contribution in [0.3, 0.4) is 0 Å². The Balaban J connectivity index is 1.84. The number of benzene rings is 2. The van der Waals surface area contributed by atoms with E-state index in [0.717, 1.165) is 20.1 Å². The van der Waals surface area contributed by atoms with E-state index >= 15 is 0 Å². The Kier molecular flexibility index (Phi) is 3.31. The average molecular weight is 288 g/mol. The molecule has 19 heavy (non-hydrogen) atoms. The van der Waals surface area contributed by atoms with Gasteiger partial charge in [0.15, 0.2) is 0 Å². The van der Waals surface area contributed by atoms with Gasteiger partial charge in [0.2, 0.25) is 0 Å². The van der Waals surface area contributed by atoms with Crippen molar-refractivity contribution in [1.29, 1.82) is 0 Å². The summed E-state index contributed by atoms with van der Waals surface area (Å²) in [6, 6.07) is 15.1. The molecule has 0 fully saturated rings. The summed E-state index contributed by atoms with van der Waals surface area (Å²) in [5.74, 6) is 0.448. The van der Waals surface area contributed by atoms with E-state index in [2.05, 4.69) is 4.98 Å². The van der Waals surface area contributed by atoms with Gasteiger partial charge in [0, 0.05) is 10.6 Å². The van der Waals surface area contributed by atoms with E-state index in [4.69, 9.17) is 5.73 Å². The third kappa shape index (κ3) is 2.67. The zero-order valence-corrected chi connectivity index (χ0v) is 11.7. The van der Waals surface area contributed by atoms with Gasteiger partial charge >= 0.3 is 0 Å². The van der Waals surface area contributed by atoms with Crippen molar-refractivity contribution in [2.24, 2.45) is 0 Å². The smallest absolute Gasteiger partial charge is 0.107 e. The van der Waals surface area contributed by atoms with E-state index in [9.17, 15) is 4.21 Å². The molecule has 0 aliphatic heterocycles. The Morgan fingerprint density at radius 3 is 2.58 bits per heavy atom. The first-order chi connectivity index (χ1) is 9.22. The van der Waals surface area contributed by atoms with Crippen molar-refractivity contribution in [2.75, 3.05) is 5.73 Å². The lowest BCUT2D eigenvalue weighted by atomic mass is 10.3. The van der Waals surface area contributed by atoms with Crippen molar-refractivity contribution < 1.29 is 4.21 Å². The molecule has 0 bridgehead atoms. The molecule has 2 N–H and O–H groups in total. The van der Waals surface area contributed by atoms with Gasteiger partial charge in [0.05, 0.1) is 26.8 Å². The summed E-state index contributed by atoms with van der Waals surface area (Å²) in [6.45, 7) is 0. The average Bonchev–Trinajstić information content (AvgIpc) is 2.81. The van der Waals surface area contributed by atoms with Crippen LogP contribution >= 0.6 is 11.3 Å². The lowest BCUT2D eigenvalue weighted by molar-refractivity contribution is 0.682. The quantitative estimate of drug-likeness (QED) is 0.753. The third-order valence-corrected chi connectivity index (χ3v) is 5.29. The number of hydrogen-bond donors (Lipinski definition) is 1. The highest BCUT2D eigenvalue weighted by atomic mass is 32.2. The molecule has 0 saturated heterocycles. The largest absolute Gasteiger partial charge is 0.399 e. The summed E-state index contributed by atoms with van der Waals surface area (Å²) < 4.78 is 13.4. The zero-order valence-electron chi connectivity index (χ0n) is 10.1. The number of fused-ring (bicyclic) bond motifs is 1. The summed E-state index contributed by atoms with van der Waals surface area (Å²) in [4.78, 5) is 5.28. The SMILES string of the molecule is Nc1ccc(S(=O)Cc2nc3ccccc3s2)cc1. The predicted octanol–water partition coefficient (Wildman–Crippen LogP) is 3.19. The summed E-state index contributed by atoms with van der Waals surface area (Å²) in [5, 5.41) is 0.899. The van der Waals surface area contributed by atoms with Crippen LogP contribution in [0.25, 0.3) is 10.2 Å². The number of para-hydroxylation sites is 1. The van der Waals surface area contributed by atoms with Crippen LogP contribution in [0.5, 0.6) is 0 Å². The number of aromatic nitrogens is 1. The fourth-order valence-corrected chi connectivity index (χ4v) is 4.01. The first-order valence-electron chi connectivity index (χ1n) is 5.81. The molecule has 3 rings (SSSR count). The standard InChI is InChI=1S/C14H12N2OS2/c15-10-5-7-11(8-6-10)19(17)9-14-16-12-3-1-2-4-13(12)18-14/h1-8H,9,15H2. The Labute approximate surface area is 117 Å². The van der Waals surface area contributed by atoms with Crippen LogP contribution in [0.1, 0.15) is 5.01 Å². The van der Waals surface area contributed by atoms with Gasteiger partial charge in [0.1, 0.15) is 5.01 Å². The molecule has 2 aromatic carbocycles. The van der Waals surface area contributed by atoms with E-state index in [0.29, 0.717) is 11.4 Å². The molecular weight excluding hydrogens is 276 g/mol. The molecule has 0 saturated carbocycles. The van der Waals surface area contributed by atoms with Crippen LogP contribution in [-0.2, 0) is 16.6 Å². The van der Waals surface area contributed by atoms with Gasteiger partial charge in [-0.3, -0.25) is 4.21 Å². The molecule has 96 valence electrons. The topological polar surface area (TPSA) is 56.0 Å². The Bertz CT molecular complexity index is 702. The second kappa shape index (κ2) is 5.11. The summed E-state index contributed by atoms with van der Waals surface area (Å²) in [5.41, 5.74) is 7.27. The molecule has 0 amide bonds. The summed E-state index contributed by atoms with van der Waals surface area (Å²) in [6.07, 6.45) is 0. The fourth-order valence-electron chi connectivity index (χ4n) is 1.80. The molecule has 1 atom stereocenters. The molecule has 3 aromatic rings. The van der Waals surface area contributed by atoms with E-state index in [1.807, 2.05) is 24.3 Å². The van der Waals surface area contributed by atoms with Crippen molar-refractivity contribution >= 4 is 38.0 Å². The van der Waals surface area contributed by atoms with E-state index in [1.54, 1.807) is 35.6 Å². The van der Waals surface area contributed by atoms with Crippen LogP contribution in [0.4, 0.5) is 5.69 Å². The number of thiazole rings is 1. The normalized spacial score (nSPS) is 12.6. The van der Waals surface area contributed by atoms with Gasteiger partial charge in [-0.05, 0) is 36.4 Å². The molecule has 0 aliphatic carbocycles. The number of anilines is 1. The molecule has 3 nitrogen and oxygen atoms in total. The number of nitrogens with two attached hydrogens (primary N) is 1. The van der Waals surface area contributed by atoms with Gasteiger partial charge in [-0.1, -0.05) is 12.1 Å². The monoisotopic (exact) mass is 288 g/mol. The maximum atomic E-state index is 12.2. The van der Waals surface area contributed by atoms with Crippen LogP contribution in [0.2, 0.25) is 0 Å². The highest BCUT2D eigenvalue weighted by Gasteiger charge is 2.09. The number of nitrogen functional groups attached to an aromatic ring is 1. The minimum absolute atomic E-state index is 0.448.